The highest BCUT2D eigenvalue weighted by Gasteiger charge is 2.46. The lowest BCUT2D eigenvalue weighted by atomic mass is 10.0. The van der Waals surface area contributed by atoms with Gasteiger partial charge in [-0.2, -0.15) is 8.61 Å². The number of nitrogens with one attached hydrogen (secondary N) is 3. The van der Waals surface area contributed by atoms with Crippen molar-refractivity contribution in [1.82, 2.24) is 24.6 Å². The van der Waals surface area contributed by atoms with Crippen molar-refractivity contribution in [1.29, 1.82) is 0 Å². The third-order valence-corrected chi connectivity index (χ3v) is 19.8. The van der Waals surface area contributed by atoms with E-state index in [4.69, 9.17) is 62.6 Å². The number of nitrogens with zero attached hydrogens (tertiary/aromatic N) is 2. The minimum absolute atomic E-state index is 0.00216. The van der Waals surface area contributed by atoms with Gasteiger partial charge >= 0.3 is 23.7 Å². The molecule has 4 aromatic carbocycles. The number of hydrogen-bond donors (Lipinski definition) is 6. The lowest BCUT2D eigenvalue weighted by molar-refractivity contribution is -0.0909. The van der Waals surface area contributed by atoms with E-state index in [1.165, 1.54) is 53.2 Å². The monoisotopic (exact) mass is 1420 g/mol. The highest BCUT2D eigenvalue weighted by Crippen LogP contribution is 2.38. The Morgan fingerprint density at radius 2 is 0.990 bits per heavy atom. The van der Waals surface area contributed by atoms with Crippen molar-refractivity contribution in [3.05, 3.63) is 96.1 Å². The second-order valence-electron chi connectivity index (χ2n) is 24.1. The third-order valence-electron chi connectivity index (χ3n) is 16.0. The Morgan fingerprint density at radius 1 is 0.577 bits per heavy atom. The number of ether oxygens (including phenoxy) is 14. The Labute approximate surface area is 568 Å². The third kappa shape index (κ3) is 21.6. The first-order valence-corrected chi connectivity index (χ1v) is 35.0. The van der Waals surface area contributed by atoms with Gasteiger partial charge in [0.15, 0.2) is 35.6 Å². The number of aliphatic hydroxyl groups excluding tert-OH is 2. The summed E-state index contributed by atoms with van der Waals surface area (Å²) in [5.74, 6) is 2.49. The second kappa shape index (κ2) is 36.0. The predicted molar refractivity (Wildman–Crippen MR) is 345 cm³/mol. The number of benzene rings is 4. The first-order valence-electron chi connectivity index (χ1n) is 31.7. The van der Waals surface area contributed by atoms with E-state index < -0.39 is 86.5 Å². The molecular weight excluding hydrogens is 1340 g/mol. The van der Waals surface area contributed by atoms with Crippen LogP contribution in [-0.4, -0.2) is 215 Å². The topological polar surface area (TPSA) is 375 Å². The van der Waals surface area contributed by atoms with Crippen LogP contribution in [0.2, 0.25) is 0 Å². The average Bonchev–Trinajstić information content (AvgIpc) is 1.82. The number of nitrogens with two attached hydrogens (primary N) is 1. The molecular formula is C64H87ClN6O24S2. The van der Waals surface area contributed by atoms with Gasteiger partial charge in [0.25, 0.3) is 0 Å². The van der Waals surface area contributed by atoms with Crippen molar-refractivity contribution in [2.24, 2.45) is 29.4 Å². The molecule has 7 N–H and O–H groups in total. The number of carbonyl (C=O) groups is 4. The summed E-state index contributed by atoms with van der Waals surface area (Å²) >= 11 is 4.60. The SMILES string of the molecule is CC(C)CN(C[C@@H](O)[C@H](Cc1ccc(OCCN)cc1)NC(=O)O[C@H]1CO[C@H]2OCC[C@H]21)S(=O)(=O)c1ccc2c(c1)OCO2.COC(=O)Cl.COC(=O)NCCOc1ccc(C[C@H](NC(=O)O[C@H]2CO[C@H]3OCC[C@H]32)[C@H](O)CN(CC(C)C)S(=O)(=O)c2ccc3c(c2)OCO3)cc1. The number of hydrogen-bond acceptors (Lipinski definition) is 25. The molecule has 6 aliphatic heterocycles. The molecule has 10 rings (SSSR count). The number of methoxy groups -OCH3 is 2. The molecule has 97 heavy (non-hydrogen) atoms. The van der Waals surface area contributed by atoms with Crippen LogP contribution in [0.1, 0.15) is 51.7 Å². The van der Waals surface area contributed by atoms with E-state index in [1.807, 2.05) is 39.8 Å². The summed E-state index contributed by atoms with van der Waals surface area (Å²) in [6.45, 7) is 9.89. The number of amides is 3. The van der Waals surface area contributed by atoms with Crippen LogP contribution in [-0.2, 0) is 70.8 Å². The van der Waals surface area contributed by atoms with Gasteiger partial charge in [-0.05, 0) is 97.2 Å². The minimum Gasteiger partial charge on any atom is -0.492 e. The van der Waals surface area contributed by atoms with Gasteiger partial charge in [-0.25, -0.2) is 36.0 Å². The number of rotatable bonds is 29. The van der Waals surface area contributed by atoms with Crippen molar-refractivity contribution in [3.63, 3.8) is 0 Å². The van der Waals surface area contributed by atoms with Crippen molar-refractivity contribution in [2.45, 2.75) is 112 Å². The van der Waals surface area contributed by atoms with Crippen molar-refractivity contribution in [3.8, 4) is 34.5 Å². The molecule has 0 saturated carbocycles. The zero-order valence-corrected chi connectivity index (χ0v) is 57.2. The van der Waals surface area contributed by atoms with Gasteiger partial charge in [-0.3, -0.25) is 0 Å². The van der Waals surface area contributed by atoms with Crippen molar-refractivity contribution >= 4 is 55.4 Å². The summed E-state index contributed by atoms with van der Waals surface area (Å²) in [5, 5.41) is 31.3. The molecule has 0 spiro atoms. The maximum Gasteiger partial charge on any atom is 0.407 e. The zero-order valence-electron chi connectivity index (χ0n) is 54.8. The largest absolute Gasteiger partial charge is 0.492 e. The zero-order chi connectivity index (χ0) is 69.8. The molecule has 6 heterocycles. The number of fused-ring (bicyclic) bond motifs is 4. The Balaban J connectivity index is 0.000000232. The molecule has 0 bridgehead atoms. The van der Waals surface area contributed by atoms with Crippen LogP contribution in [0.25, 0.3) is 0 Å². The average molecular weight is 1420 g/mol. The van der Waals surface area contributed by atoms with E-state index in [9.17, 15) is 46.2 Å². The Kier molecular flexibility index (Phi) is 28.1. The molecule has 0 aromatic heterocycles. The summed E-state index contributed by atoms with van der Waals surface area (Å²) in [6.07, 6.45) is -4.70. The Morgan fingerprint density at radius 3 is 1.38 bits per heavy atom. The van der Waals surface area contributed by atoms with Crippen LogP contribution < -0.4 is 50.1 Å². The van der Waals surface area contributed by atoms with Gasteiger partial charge in [0, 0.05) is 56.5 Å². The number of sulfonamides is 2. The van der Waals surface area contributed by atoms with E-state index in [-0.39, 0.29) is 119 Å². The standard InChI is InChI=1S/C32H43N3O12S.C30H41N3O10S.C2H3ClO2/c1-20(2)16-35(48(39,40)23-8-9-27-28(15-23)46-19-45-27)17-26(36)25(34-32(38)47-29-18-44-30-24(29)10-12-43-30)14-21-4-6-22(7-5-21)42-13-11-33-31(37)41-3;1-19(2)15-33(44(36,37)22-7-8-26-27(14-22)42-18-41-26)16-25(34)24(13-20-3-5-21(6-4-20)38-12-10-31)32-30(35)43-28-17-40-29-23(28)9-11-39-29;1-5-2(3)4/h4-9,15,20,24-26,29-30,36H,10-14,16-19H2,1-3H3,(H,33,37)(H,34,38);3-8,14,19,23-25,28-29,34H,9-13,15-18,31H2,1-2H3,(H,32,35);1H3/t24-,25-,26+,29-,30+;23-,24-,25+,28-,29+;/m00./s1. The molecule has 0 radical (unpaired) electrons. The summed E-state index contributed by atoms with van der Waals surface area (Å²) in [7, 11) is -5.65. The molecule has 30 nitrogen and oxygen atoms in total. The van der Waals surface area contributed by atoms with Gasteiger partial charge in [-0.15, -0.1) is 0 Å². The van der Waals surface area contributed by atoms with Crippen molar-refractivity contribution in [2.75, 3.05) is 107 Å². The molecule has 0 unspecified atom stereocenters. The molecule has 33 heteroatoms. The fraction of sp³-hybridized carbons (Fsp3) is 0.562. The smallest absolute Gasteiger partial charge is 0.407 e. The van der Waals surface area contributed by atoms with Crippen LogP contribution >= 0.6 is 11.6 Å². The highest BCUT2D eigenvalue weighted by molar-refractivity contribution is 7.89. The molecule has 4 fully saturated rings. The van der Waals surface area contributed by atoms with E-state index in [0.717, 1.165) is 17.5 Å². The Hall–Kier alpha value is -7.21. The first kappa shape index (κ1) is 75.6. The van der Waals surface area contributed by atoms with Gasteiger partial charge in [0.05, 0.1) is 93.1 Å². The molecule has 4 saturated heterocycles. The number of carbonyl (C=O) groups excluding carboxylic acids is 4. The molecule has 3 amide bonds. The van der Waals surface area contributed by atoms with Crippen LogP contribution in [0.15, 0.2) is 94.7 Å². The lowest BCUT2D eigenvalue weighted by Crippen LogP contribution is -2.51. The normalized spacial score (nSPS) is 20.8. The summed E-state index contributed by atoms with van der Waals surface area (Å²) < 4.78 is 133. The molecule has 6 aliphatic rings. The van der Waals surface area contributed by atoms with Gasteiger partial charge in [0.1, 0.15) is 36.9 Å². The van der Waals surface area contributed by atoms with E-state index in [0.29, 0.717) is 67.3 Å². The second-order valence-corrected chi connectivity index (χ2v) is 28.3. The summed E-state index contributed by atoms with van der Waals surface area (Å²) in [5.41, 5.74) is 6.28. The van der Waals surface area contributed by atoms with Crippen LogP contribution in [0.4, 0.5) is 19.2 Å². The van der Waals surface area contributed by atoms with Crippen LogP contribution in [0.5, 0.6) is 34.5 Å². The lowest BCUT2D eigenvalue weighted by Gasteiger charge is -2.31. The Bertz CT molecular complexity index is 3450. The molecule has 10 atom stereocenters. The predicted octanol–water partition coefficient (Wildman–Crippen LogP) is 5.11. The fourth-order valence-electron chi connectivity index (χ4n) is 11.2. The van der Waals surface area contributed by atoms with Crippen molar-refractivity contribution < 1.29 is 113 Å². The molecule has 0 aliphatic carbocycles. The van der Waals surface area contributed by atoms with Crippen LogP contribution in [0.3, 0.4) is 0 Å². The van der Waals surface area contributed by atoms with E-state index >= 15 is 0 Å². The maximum atomic E-state index is 13.9. The first-order chi connectivity index (χ1) is 46.4. The van der Waals surface area contributed by atoms with Gasteiger partial charge in [0.2, 0.25) is 33.6 Å². The van der Waals surface area contributed by atoms with E-state index in [2.05, 4.69) is 37.0 Å². The van der Waals surface area contributed by atoms with Gasteiger partial charge in [-0.1, -0.05) is 52.0 Å². The minimum atomic E-state index is -4.09. The van der Waals surface area contributed by atoms with Gasteiger partial charge < -0.3 is 98.2 Å². The fourth-order valence-corrected chi connectivity index (χ4v) is 14.5. The number of halogens is 1. The highest BCUT2D eigenvalue weighted by atomic mass is 35.5. The van der Waals surface area contributed by atoms with E-state index in [1.54, 1.807) is 42.5 Å². The number of aliphatic hydroxyl groups is 2. The van der Waals surface area contributed by atoms with Crippen LogP contribution in [0, 0.1) is 23.7 Å². The number of alkyl carbamates (subject to hydrolysis) is 3. The molecule has 4 aromatic rings. The summed E-state index contributed by atoms with van der Waals surface area (Å²) in [6, 6.07) is 21.2. The summed E-state index contributed by atoms with van der Waals surface area (Å²) in [4.78, 5) is 46.9. The quantitative estimate of drug-likeness (QED) is 0.0234. The maximum absolute atomic E-state index is 13.9. The molecule has 536 valence electrons.